The second-order valence-corrected chi connectivity index (χ2v) is 9.96. The number of aromatic nitrogens is 1. The van der Waals surface area contributed by atoms with Crippen molar-refractivity contribution in [2.24, 2.45) is 4.99 Å². The highest BCUT2D eigenvalue weighted by Gasteiger charge is 2.31. The van der Waals surface area contributed by atoms with Gasteiger partial charge in [-0.1, -0.05) is 55.8 Å². The van der Waals surface area contributed by atoms with E-state index in [1.165, 1.54) is 11.0 Å². The van der Waals surface area contributed by atoms with Crippen LogP contribution in [0.1, 0.15) is 37.8 Å². The number of amides is 2. The molecule has 1 saturated heterocycles. The minimum atomic E-state index is -0.469. The van der Waals surface area contributed by atoms with Gasteiger partial charge in [-0.15, -0.1) is 0 Å². The van der Waals surface area contributed by atoms with Crippen molar-refractivity contribution < 1.29 is 14.0 Å². The lowest BCUT2D eigenvalue weighted by Crippen LogP contribution is -2.53. The van der Waals surface area contributed by atoms with Gasteiger partial charge in [0.25, 0.3) is 0 Å². The van der Waals surface area contributed by atoms with E-state index >= 15 is 0 Å². The lowest BCUT2D eigenvalue weighted by atomic mass is 10.00. The van der Waals surface area contributed by atoms with Crippen LogP contribution in [0.4, 0.5) is 15.9 Å². The lowest BCUT2D eigenvalue weighted by Gasteiger charge is -2.40. The van der Waals surface area contributed by atoms with Crippen molar-refractivity contribution in [3.05, 3.63) is 76.6 Å². The summed E-state index contributed by atoms with van der Waals surface area (Å²) in [6.07, 6.45) is 1.56. The Kier molecular flexibility index (Phi) is 8.42. The fraction of sp³-hybridized carbons (Fsp3) is 0.310. The summed E-state index contributed by atoms with van der Waals surface area (Å²) in [5, 5.41) is 0.233. The van der Waals surface area contributed by atoms with Crippen molar-refractivity contribution in [3.8, 4) is 11.3 Å². The Balaban J connectivity index is 1.96. The summed E-state index contributed by atoms with van der Waals surface area (Å²) in [7, 11) is 1.67. The summed E-state index contributed by atoms with van der Waals surface area (Å²) in [4.78, 5) is 38.8. The maximum absolute atomic E-state index is 14.9. The van der Waals surface area contributed by atoms with Crippen LogP contribution in [-0.4, -0.2) is 66.2 Å². The molecule has 0 N–H and O–H groups in total. The average molecular weight is 536 g/mol. The number of benzene rings is 2. The molecule has 1 fully saturated rings. The molecule has 2 aromatic carbocycles. The predicted molar refractivity (Wildman–Crippen MR) is 150 cm³/mol. The number of halogens is 2. The standard InChI is InChI=1S/C29H31ClFN5O2/c1-19(2)21-9-6-8-12-26(21)36(18-38)29-23(28(32-4)35-14-13-34(17-37)16-20(35)3)15-24(30)27(33-29)22-10-5-7-11-25(22)31/h5-12,15,17-20H,13-14,16H2,1-4H3/b32-28+. The minimum absolute atomic E-state index is 0.0434. The highest BCUT2D eigenvalue weighted by atomic mass is 35.5. The molecule has 2 amide bonds. The number of amidine groups is 1. The molecule has 7 nitrogen and oxygen atoms in total. The third-order valence-corrected chi connectivity index (χ3v) is 7.06. The van der Waals surface area contributed by atoms with E-state index in [4.69, 9.17) is 16.6 Å². The Labute approximate surface area is 227 Å². The zero-order chi connectivity index (χ0) is 27.4. The highest BCUT2D eigenvalue weighted by Crippen LogP contribution is 2.38. The molecule has 38 heavy (non-hydrogen) atoms. The predicted octanol–water partition coefficient (Wildman–Crippen LogP) is 5.50. The monoisotopic (exact) mass is 535 g/mol. The first-order valence-electron chi connectivity index (χ1n) is 12.5. The molecule has 0 bridgehead atoms. The number of para-hydroxylation sites is 1. The van der Waals surface area contributed by atoms with E-state index < -0.39 is 5.82 Å². The van der Waals surface area contributed by atoms with Crippen LogP contribution in [0.15, 0.2) is 59.6 Å². The molecule has 4 rings (SSSR count). The van der Waals surface area contributed by atoms with E-state index in [9.17, 15) is 14.0 Å². The average Bonchev–Trinajstić information content (AvgIpc) is 2.92. The van der Waals surface area contributed by atoms with Crippen LogP contribution in [0.25, 0.3) is 11.3 Å². The van der Waals surface area contributed by atoms with Gasteiger partial charge in [0.15, 0.2) is 5.82 Å². The zero-order valence-corrected chi connectivity index (χ0v) is 22.7. The van der Waals surface area contributed by atoms with Gasteiger partial charge < -0.3 is 9.80 Å². The number of piperazine rings is 1. The third-order valence-electron chi connectivity index (χ3n) is 6.77. The molecule has 3 aromatic rings. The van der Waals surface area contributed by atoms with Crippen LogP contribution in [0, 0.1) is 5.82 Å². The quantitative estimate of drug-likeness (QED) is 0.228. The first-order valence-corrected chi connectivity index (χ1v) is 12.9. The second-order valence-electron chi connectivity index (χ2n) is 9.55. The molecule has 1 aliphatic heterocycles. The normalized spacial score (nSPS) is 16.1. The molecule has 198 valence electrons. The summed E-state index contributed by atoms with van der Waals surface area (Å²) in [6, 6.07) is 15.5. The number of carbonyl (C=O) groups excluding carboxylic acids is 2. The van der Waals surface area contributed by atoms with E-state index in [0.29, 0.717) is 48.9 Å². The number of aliphatic imine (C=N–C) groups is 1. The van der Waals surface area contributed by atoms with Gasteiger partial charge in [0.2, 0.25) is 12.8 Å². The molecule has 1 aromatic heterocycles. The van der Waals surface area contributed by atoms with E-state index in [1.54, 1.807) is 36.2 Å². The number of pyridine rings is 1. The lowest BCUT2D eigenvalue weighted by molar-refractivity contribution is -0.120. The molecular weight excluding hydrogens is 505 g/mol. The number of rotatable bonds is 7. The fourth-order valence-corrected chi connectivity index (χ4v) is 5.14. The van der Waals surface area contributed by atoms with Gasteiger partial charge >= 0.3 is 0 Å². The molecule has 0 radical (unpaired) electrons. The van der Waals surface area contributed by atoms with Crippen LogP contribution in [0.3, 0.4) is 0 Å². The van der Waals surface area contributed by atoms with Crippen LogP contribution in [0.5, 0.6) is 0 Å². The summed E-state index contributed by atoms with van der Waals surface area (Å²) in [5.74, 6) is 0.540. The smallest absolute Gasteiger partial charge is 0.219 e. The zero-order valence-electron chi connectivity index (χ0n) is 21.9. The van der Waals surface area contributed by atoms with Crippen molar-refractivity contribution >= 4 is 41.8 Å². The number of hydrogen-bond donors (Lipinski definition) is 0. The molecule has 0 saturated carbocycles. The van der Waals surface area contributed by atoms with E-state index in [1.807, 2.05) is 31.2 Å². The van der Waals surface area contributed by atoms with Crippen molar-refractivity contribution in [1.29, 1.82) is 0 Å². The van der Waals surface area contributed by atoms with Crippen LogP contribution < -0.4 is 4.90 Å². The van der Waals surface area contributed by atoms with Crippen LogP contribution >= 0.6 is 11.6 Å². The van der Waals surface area contributed by atoms with Crippen molar-refractivity contribution in [3.63, 3.8) is 0 Å². The Morgan fingerprint density at radius 2 is 1.87 bits per heavy atom. The number of nitrogens with zero attached hydrogens (tertiary/aromatic N) is 5. The summed E-state index contributed by atoms with van der Waals surface area (Å²) < 4.78 is 14.9. The molecule has 0 aliphatic carbocycles. The Morgan fingerprint density at radius 3 is 2.50 bits per heavy atom. The van der Waals surface area contributed by atoms with Gasteiger partial charge in [0.05, 0.1) is 22.0 Å². The fourth-order valence-electron chi connectivity index (χ4n) is 4.89. The maximum Gasteiger partial charge on any atom is 0.219 e. The molecule has 1 aliphatic rings. The van der Waals surface area contributed by atoms with Crippen LogP contribution in [0.2, 0.25) is 5.02 Å². The highest BCUT2D eigenvalue weighted by molar-refractivity contribution is 6.33. The Morgan fingerprint density at radius 1 is 1.16 bits per heavy atom. The Bertz CT molecular complexity index is 1360. The topological polar surface area (TPSA) is 69.1 Å². The summed E-state index contributed by atoms with van der Waals surface area (Å²) in [6.45, 7) is 7.72. The third kappa shape index (κ3) is 5.27. The Hall–Kier alpha value is -3.78. The van der Waals surface area contributed by atoms with Crippen LogP contribution in [-0.2, 0) is 9.59 Å². The van der Waals surface area contributed by atoms with Gasteiger partial charge in [0.1, 0.15) is 11.7 Å². The van der Waals surface area contributed by atoms with E-state index in [-0.39, 0.29) is 28.2 Å². The first kappa shape index (κ1) is 27.3. The molecule has 0 spiro atoms. The summed E-state index contributed by atoms with van der Waals surface area (Å²) in [5.41, 5.74) is 2.62. The second kappa shape index (κ2) is 11.7. The first-order chi connectivity index (χ1) is 18.3. The van der Waals surface area contributed by atoms with Gasteiger partial charge in [-0.05, 0) is 42.7 Å². The van der Waals surface area contributed by atoms with Crippen molar-refractivity contribution in [2.45, 2.75) is 32.7 Å². The molecule has 1 unspecified atom stereocenters. The van der Waals surface area contributed by atoms with Gasteiger partial charge in [0, 0.05) is 38.3 Å². The minimum Gasteiger partial charge on any atom is -0.350 e. The van der Waals surface area contributed by atoms with E-state index in [0.717, 1.165) is 12.0 Å². The van der Waals surface area contributed by atoms with Gasteiger partial charge in [-0.2, -0.15) is 0 Å². The molecule has 1 atom stereocenters. The van der Waals surface area contributed by atoms with Gasteiger partial charge in [-0.25, -0.2) is 9.37 Å². The largest absolute Gasteiger partial charge is 0.350 e. The SMILES string of the molecule is C/N=C(\c1cc(Cl)c(-c2ccccc2F)nc1N(C=O)c1ccccc1C(C)C)N1CCN(C=O)CC1C. The summed E-state index contributed by atoms with van der Waals surface area (Å²) >= 11 is 6.74. The van der Waals surface area contributed by atoms with E-state index in [2.05, 4.69) is 23.7 Å². The van der Waals surface area contributed by atoms with Crippen molar-refractivity contribution in [1.82, 2.24) is 14.8 Å². The van der Waals surface area contributed by atoms with Crippen molar-refractivity contribution in [2.75, 3.05) is 31.6 Å². The number of anilines is 2. The number of carbonyl (C=O) groups is 2. The number of hydrogen-bond acceptors (Lipinski definition) is 4. The molecule has 9 heteroatoms. The maximum atomic E-state index is 14.9. The molecular formula is C29H31ClFN5O2. The molecule has 2 heterocycles. The van der Waals surface area contributed by atoms with Gasteiger partial charge in [-0.3, -0.25) is 19.5 Å².